The number of likely N-dealkylation sites (tertiary alicyclic amines) is 1. The molecule has 2 amide bonds. The normalized spacial score (nSPS) is 22.4. The second kappa shape index (κ2) is 9.69. The summed E-state index contributed by atoms with van der Waals surface area (Å²) in [7, 11) is -0.513. The highest BCUT2D eigenvalue weighted by Gasteiger charge is 2.52. The Morgan fingerprint density at radius 1 is 1.21 bits per heavy atom. The van der Waals surface area contributed by atoms with Crippen LogP contribution in [0.25, 0.3) is 0 Å². The molecule has 3 rings (SSSR count). The van der Waals surface area contributed by atoms with Crippen LogP contribution in [-0.2, 0) is 18.8 Å². The molecule has 0 spiro atoms. The first kappa shape index (κ1) is 26.2. The molecule has 1 aromatic heterocycles. The maximum atomic E-state index is 12.9. The molecule has 2 atom stereocenters. The first-order chi connectivity index (χ1) is 15.7. The van der Waals surface area contributed by atoms with Crippen LogP contribution < -0.4 is 16.1 Å². The Morgan fingerprint density at radius 3 is 2.35 bits per heavy atom. The van der Waals surface area contributed by atoms with Crippen molar-refractivity contribution in [2.45, 2.75) is 97.1 Å². The Balaban J connectivity index is 1.53. The molecule has 34 heavy (non-hydrogen) atoms. The first-order valence-electron chi connectivity index (χ1n) is 11.9. The Kier molecular flexibility index (Phi) is 7.47. The zero-order chi connectivity index (χ0) is 25.3. The van der Waals surface area contributed by atoms with Crippen LogP contribution in [0, 0.1) is 0 Å². The molecule has 2 aliphatic heterocycles. The van der Waals surface area contributed by atoms with Gasteiger partial charge in [-0.2, -0.15) is 0 Å². The van der Waals surface area contributed by atoms with Crippen molar-refractivity contribution < 1.29 is 23.6 Å². The van der Waals surface area contributed by atoms with Gasteiger partial charge in [-0.15, -0.1) is 0 Å². The Labute approximate surface area is 202 Å². The number of hydrogen-bond acceptors (Lipinski definition) is 8. The molecule has 2 saturated heterocycles. The number of ether oxygens (including phenoxy) is 1. The summed E-state index contributed by atoms with van der Waals surface area (Å²) >= 11 is 0. The molecule has 0 radical (unpaired) electrons. The third-order valence-electron chi connectivity index (χ3n) is 6.46. The molecular weight excluding hydrogens is 437 g/mol. The lowest BCUT2D eigenvalue weighted by atomic mass is 9.81. The summed E-state index contributed by atoms with van der Waals surface area (Å²) in [4.78, 5) is 35.6. The smallest absolute Gasteiger partial charge is 0.444 e. The molecule has 1 aromatic rings. The van der Waals surface area contributed by atoms with Crippen molar-refractivity contribution in [3.8, 4) is 0 Å². The van der Waals surface area contributed by atoms with Gasteiger partial charge < -0.3 is 29.6 Å². The van der Waals surface area contributed by atoms with Gasteiger partial charge in [0, 0.05) is 37.0 Å². The zero-order valence-corrected chi connectivity index (χ0v) is 21.6. The highest BCUT2D eigenvalue weighted by molar-refractivity contribution is 6.61. The minimum Gasteiger partial charge on any atom is -0.444 e. The average Bonchev–Trinajstić information content (AvgIpc) is 3.26. The maximum absolute atomic E-state index is 12.9. The van der Waals surface area contributed by atoms with E-state index in [0.717, 1.165) is 18.3 Å². The van der Waals surface area contributed by atoms with Crippen LogP contribution in [0.5, 0.6) is 0 Å². The highest BCUT2D eigenvalue weighted by Crippen LogP contribution is 2.36. The Morgan fingerprint density at radius 2 is 1.79 bits per heavy atom. The van der Waals surface area contributed by atoms with Crippen LogP contribution in [0.2, 0.25) is 0 Å². The standard InChI is InChI=1S/C23H38BN5O5/c1-15(28-20(31)32-21(2,3)4)18(30)29-11-9-10-17(29)14-27-19-25-12-16(13-26-19)24-33-22(5,6)23(7,8)34-24/h12-13,15,17H,9-11,14H2,1-8H3,(H,28,31)(H,25,26,27)/t15-,17+/m1/s1. The van der Waals surface area contributed by atoms with E-state index in [1.165, 1.54) is 0 Å². The van der Waals surface area contributed by atoms with Crippen molar-refractivity contribution in [1.82, 2.24) is 20.2 Å². The molecule has 0 aromatic carbocycles. The van der Waals surface area contributed by atoms with Crippen molar-refractivity contribution in [3.05, 3.63) is 12.4 Å². The largest absolute Gasteiger partial charge is 0.498 e. The van der Waals surface area contributed by atoms with Crippen molar-refractivity contribution in [2.24, 2.45) is 0 Å². The topological polar surface area (TPSA) is 115 Å². The van der Waals surface area contributed by atoms with Crippen LogP contribution in [0.15, 0.2) is 12.4 Å². The lowest BCUT2D eigenvalue weighted by molar-refractivity contribution is -0.133. The van der Waals surface area contributed by atoms with Gasteiger partial charge in [0.05, 0.1) is 11.2 Å². The van der Waals surface area contributed by atoms with Crippen LogP contribution in [0.3, 0.4) is 0 Å². The summed E-state index contributed by atoms with van der Waals surface area (Å²) in [6.07, 6.45) is 4.56. The van der Waals surface area contributed by atoms with Crippen LogP contribution in [0.4, 0.5) is 10.7 Å². The van der Waals surface area contributed by atoms with Gasteiger partial charge in [0.1, 0.15) is 11.6 Å². The minimum absolute atomic E-state index is 0.0123. The quantitative estimate of drug-likeness (QED) is 0.602. The third kappa shape index (κ3) is 6.18. The fraction of sp³-hybridized carbons (Fsp3) is 0.739. The molecular formula is C23H38BN5O5. The first-order valence-corrected chi connectivity index (χ1v) is 11.9. The SMILES string of the molecule is C[C@@H](NC(=O)OC(C)(C)C)C(=O)N1CCC[C@H]1CNc1ncc(B2OC(C)(C)C(C)(C)O2)cn1. The fourth-order valence-corrected chi connectivity index (χ4v) is 3.87. The van der Waals surface area contributed by atoms with Crippen LogP contribution >= 0.6 is 0 Å². The van der Waals surface area contributed by atoms with Crippen molar-refractivity contribution >= 4 is 30.5 Å². The number of carbonyl (C=O) groups is 2. The maximum Gasteiger partial charge on any atom is 0.498 e. The van der Waals surface area contributed by atoms with Crippen molar-refractivity contribution in [3.63, 3.8) is 0 Å². The number of rotatable bonds is 6. The molecule has 0 bridgehead atoms. The Hall–Kier alpha value is -2.40. The Bertz CT molecular complexity index is 871. The molecule has 2 N–H and O–H groups in total. The summed E-state index contributed by atoms with van der Waals surface area (Å²) in [5.41, 5.74) is -0.723. The fourth-order valence-electron chi connectivity index (χ4n) is 3.87. The van der Waals surface area contributed by atoms with E-state index in [2.05, 4.69) is 20.6 Å². The zero-order valence-electron chi connectivity index (χ0n) is 21.6. The average molecular weight is 475 g/mol. The molecule has 0 unspecified atom stereocenters. The van der Waals surface area contributed by atoms with Gasteiger partial charge in [-0.25, -0.2) is 14.8 Å². The van der Waals surface area contributed by atoms with Crippen molar-refractivity contribution in [1.29, 1.82) is 0 Å². The number of nitrogens with zero attached hydrogens (tertiary/aromatic N) is 3. The number of aromatic nitrogens is 2. The molecule has 11 heteroatoms. The summed E-state index contributed by atoms with van der Waals surface area (Å²) in [6, 6.07) is -0.687. The molecule has 188 valence electrons. The van der Waals surface area contributed by atoms with Crippen molar-refractivity contribution in [2.75, 3.05) is 18.4 Å². The van der Waals surface area contributed by atoms with Gasteiger partial charge >= 0.3 is 13.2 Å². The number of nitrogens with one attached hydrogen (secondary N) is 2. The molecule has 10 nitrogen and oxygen atoms in total. The van der Waals surface area contributed by atoms with E-state index in [1.807, 2.05) is 27.7 Å². The van der Waals surface area contributed by atoms with Gasteiger partial charge in [-0.05, 0) is 68.2 Å². The molecule has 3 heterocycles. The number of alkyl carbamates (subject to hydrolysis) is 1. The van der Waals surface area contributed by atoms with E-state index in [0.29, 0.717) is 19.0 Å². The summed E-state index contributed by atoms with van der Waals surface area (Å²) in [5, 5.41) is 5.85. The van der Waals surface area contributed by atoms with E-state index in [-0.39, 0.29) is 11.9 Å². The number of anilines is 1. The molecule has 2 aliphatic rings. The van der Waals surface area contributed by atoms with Crippen LogP contribution in [-0.4, -0.2) is 76.0 Å². The van der Waals surface area contributed by atoms with Gasteiger partial charge in [-0.3, -0.25) is 4.79 Å². The lowest BCUT2D eigenvalue weighted by Gasteiger charge is -2.32. The van der Waals surface area contributed by atoms with E-state index >= 15 is 0 Å². The van der Waals surface area contributed by atoms with Gasteiger partial charge in [0.2, 0.25) is 11.9 Å². The second-order valence-corrected chi connectivity index (χ2v) is 11.0. The molecule has 0 saturated carbocycles. The summed E-state index contributed by atoms with van der Waals surface area (Å²) in [6.45, 7) is 16.2. The van der Waals surface area contributed by atoms with Crippen LogP contribution in [0.1, 0.15) is 68.2 Å². The molecule has 2 fully saturated rings. The summed E-state index contributed by atoms with van der Waals surface area (Å²) < 4.78 is 17.3. The third-order valence-corrected chi connectivity index (χ3v) is 6.46. The van der Waals surface area contributed by atoms with E-state index < -0.39 is 36.1 Å². The number of amides is 2. The van der Waals surface area contributed by atoms with E-state index in [9.17, 15) is 9.59 Å². The number of carbonyl (C=O) groups excluding carboxylic acids is 2. The second-order valence-electron chi connectivity index (χ2n) is 11.0. The lowest BCUT2D eigenvalue weighted by Crippen LogP contribution is -2.50. The molecule has 0 aliphatic carbocycles. The predicted molar refractivity (Wildman–Crippen MR) is 130 cm³/mol. The monoisotopic (exact) mass is 475 g/mol. The van der Waals surface area contributed by atoms with Gasteiger partial charge in [0.25, 0.3) is 0 Å². The van der Waals surface area contributed by atoms with Gasteiger partial charge in [0.15, 0.2) is 0 Å². The summed E-state index contributed by atoms with van der Waals surface area (Å²) in [5.74, 6) is 0.340. The van der Waals surface area contributed by atoms with Gasteiger partial charge in [-0.1, -0.05) is 0 Å². The van der Waals surface area contributed by atoms with E-state index in [1.54, 1.807) is 45.0 Å². The number of hydrogen-bond donors (Lipinski definition) is 2. The van der Waals surface area contributed by atoms with E-state index in [4.69, 9.17) is 14.0 Å². The highest BCUT2D eigenvalue weighted by atomic mass is 16.7. The minimum atomic E-state index is -0.675. The predicted octanol–water partition coefficient (Wildman–Crippen LogP) is 2.09.